The molecule has 0 bridgehead atoms. The SMILES string of the molecule is Cc1ccc(OCC2CCOC2)c(CBr)c1. The van der Waals surface area contributed by atoms with Crippen LogP contribution in [0.4, 0.5) is 0 Å². The smallest absolute Gasteiger partial charge is 0.123 e. The molecule has 16 heavy (non-hydrogen) atoms. The lowest BCUT2D eigenvalue weighted by Gasteiger charge is -2.13. The first-order valence-electron chi connectivity index (χ1n) is 5.65. The molecule has 1 aromatic carbocycles. The van der Waals surface area contributed by atoms with Gasteiger partial charge in [-0.15, -0.1) is 0 Å². The summed E-state index contributed by atoms with van der Waals surface area (Å²) >= 11 is 3.49. The zero-order valence-corrected chi connectivity index (χ0v) is 11.1. The van der Waals surface area contributed by atoms with E-state index in [-0.39, 0.29) is 0 Å². The van der Waals surface area contributed by atoms with Crippen LogP contribution < -0.4 is 4.74 Å². The van der Waals surface area contributed by atoms with E-state index in [2.05, 4.69) is 41.1 Å². The fourth-order valence-electron chi connectivity index (χ4n) is 1.88. The van der Waals surface area contributed by atoms with Crippen LogP contribution in [-0.4, -0.2) is 19.8 Å². The van der Waals surface area contributed by atoms with E-state index in [9.17, 15) is 0 Å². The summed E-state index contributed by atoms with van der Waals surface area (Å²) in [5.74, 6) is 1.55. The Kier molecular flexibility index (Phi) is 4.24. The number of benzene rings is 1. The van der Waals surface area contributed by atoms with Crippen LogP contribution >= 0.6 is 15.9 Å². The second-order valence-electron chi connectivity index (χ2n) is 4.29. The first-order valence-corrected chi connectivity index (χ1v) is 6.78. The van der Waals surface area contributed by atoms with E-state index < -0.39 is 0 Å². The van der Waals surface area contributed by atoms with Crippen molar-refractivity contribution in [3.05, 3.63) is 29.3 Å². The summed E-state index contributed by atoms with van der Waals surface area (Å²) in [6, 6.07) is 6.31. The molecule has 1 heterocycles. The Morgan fingerprint density at radius 3 is 3.06 bits per heavy atom. The van der Waals surface area contributed by atoms with Gasteiger partial charge in [-0.2, -0.15) is 0 Å². The number of ether oxygens (including phenoxy) is 2. The standard InChI is InChI=1S/C13H17BrO2/c1-10-2-3-13(12(6-10)7-14)16-9-11-4-5-15-8-11/h2-3,6,11H,4-5,7-9H2,1H3. The third kappa shape index (κ3) is 2.98. The van der Waals surface area contributed by atoms with Crippen LogP contribution in [-0.2, 0) is 10.1 Å². The number of aryl methyl sites for hydroxylation is 1. The quantitative estimate of drug-likeness (QED) is 0.790. The third-order valence-electron chi connectivity index (χ3n) is 2.86. The van der Waals surface area contributed by atoms with Gasteiger partial charge in [-0.1, -0.05) is 33.6 Å². The van der Waals surface area contributed by atoms with E-state index in [1.165, 1.54) is 11.1 Å². The van der Waals surface area contributed by atoms with Crippen molar-refractivity contribution in [2.24, 2.45) is 5.92 Å². The fourth-order valence-corrected chi connectivity index (χ4v) is 2.31. The number of hydrogen-bond donors (Lipinski definition) is 0. The molecule has 2 rings (SSSR count). The summed E-state index contributed by atoms with van der Waals surface area (Å²) in [7, 11) is 0. The molecule has 0 spiro atoms. The highest BCUT2D eigenvalue weighted by Crippen LogP contribution is 2.24. The van der Waals surface area contributed by atoms with E-state index in [0.717, 1.165) is 37.3 Å². The third-order valence-corrected chi connectivity index (χ3v) is 3.46. The molecular weight excluding hydrogens is 268 g/mol. The Labute approximate surface area is 105 Å². The molecule has 88 valence electrons. The van der Waals surface area contributed by atoms with Crippen LogP contribution in [0, 0.1) is 12.8 Å². The van der Waals surface area contributed by atoms with Gasteiger partial charge in [0.2, 0.25) is 0 Å². The van der Waals surface area contributed by atoms with E-state index in [0.29, 0.717) is 5.92 Å². The van der Waals surface area contributed by atoms with Gasteiger partial charge < -0.3 is 9.47 Å². The number of rotatable bonds is 4. The lowest BCUT2D eigenvalue weighted by molar-refractivity contribution is 0.167. The summed E-state index contributed by atoms with van der Waals surface area (Å²) in [4.78, 5) is 0. The van der Waals surface area contributed by atoms with Crippen molar-refractivity contribution in [3.63, 3.8) is 0 Å². The zero-order chi connectivity index (χ0) is 11.4. The van der Waals surface area contributed by atoms with Crippen molar-refractivity contribution in [3.8, 4) is 5.75 Å². The maximum atomic E-state index is 5.86. The minimum absolute atomic E-state index is 0.560. The van der Waals surface area contributed by atoms with Crippen LogP contribution in [0.25, 0.3) is 0 Å². The zero-order valence-electron chi connectivity index (χ0n) is 9.54. The largest absolute Gasteiger partial charge is 0.493 e. The van der Waals surface area contributed by atoms with Gasteiger partial charge in [-0.25, -0.2) is 0 Å². The predicted octanol–water partition coefficient (Wildman–Crippen LogP) is 3.31. The predicted molar refractivity (Wildman–Crippen MR) is 68.2 cm³/mol. The lowest BCUT2D eigenvalue weighted by Crippen LogP contribution is -2.12. The monoisotopic (exact) mass is 284 g/mol. The Balaban J connectivity index is 1.97. The van der Waals surface area contributed by atoms with Gasteiger partial charge in [0.15, 0.2) is 0 Å². The van der Waals surface area contributed by atoms with Gasteiger partial charge in [0.1, 0.15) is 5.75 Å². The average Bonchev–Trinajstić information content (AvgIpc) is 2.80. The average molecular weight is 285 g/mol. The molecule has 1 unspecified atom stereocenters. The molecule has 0 amide bonds. The van der Waals surface area contributed by atoms with E-state index in [1.807, 2.05) is 0 Å². The number of hydrogen-bond acceptors (Lipinski definition) is 2. The van der Waals surface area contributed by atoms with Gasteiger partial charge in [-0.3, -0.25) is 0 Å². The molecule has 1 saturated heterocycles. The van der Waals surface area contributed by atoms with Gasteiger partial charge in [0.05, 0.1) is 13.2 Å². The topological polar surface area (TPSA) is 18.5 Å². The second-order valence-corrected chi connectivity index (χ2v) is 4.85. The maximum absolute atomic E-state index is 5.86. The molecule has 1 fully saturated rings. The molecular formula is C13H17BrO2. The van der Waals surface area contributed by atoms with Crippen LogP contribution in [0.15, 0.2) is 18.2 Å². The minimum Gasteiger partial charge on any atom is -0.493 e. The molecule has 3 heteroatoms. The lowest BCUT2D eigenvalue weighted by atomic mass is 10.1. The molecule has 0 aliphatic carbocycles. The fraction of sp³-hybridized carbons (Fsp3) is 0.538. The molecule has 0 aromatic heterocycles. The van der Waals surface area contributed by atoms with E-state index >= 15 is 0 Å². The summed E-state index contributed by atoms with van der Waals surface area (Å²) < 4.78 is 11.2. The summed E-state index contributed by atoms with van der Waals surface area (Å²) in [6.45, 7) is 4.59. The normalized spacial score (nSPS) is 20.0. The second kappa shape index (κ2) is 5.69. The van der Waals surface area contributed by atoms with Crippen LogP contribution in [0.5, 0.6) is 5.75 Å². The van der Waals surface area contributed by atoms with Crippen LogP contribution in [0.2, 0.25) is 0 Å². The van der Waals surface area contributed by atoms with Crippen molar-refractivity contribution in [1.29, 1.82) is 0 Å². The van der Waals surface area contributed by atoms with Crippen molar-refractivity contribution in [2.45, 2.75) is 18.7 Å². The maximum Gasteiger partial charge on any atom is 0.123 e. The van der Waals surface area contributed by atoms with Crippen LogP contribution in [0.3, 0.4) is 0 Å². The minimum atomic E-state index is 0.560. The van der Waals surface area contributed by atoms with Gasteiger partial charge in [0.25, 0.3) is 0 Å². The van der Waals surface area contributed by atoms with Gasteiger partial charge in [-0.05, 0) is 19.4 Å². The first-order chi connectivity index (χ1) is 7.79. The molecule has 1 aromatic rings. The van der Waals surface area contributed by atoms with Crippen molar-refractivity contribution in [2.75, 3.05) is 19.8 Å². The Morgan fingerprint density at radius 1 is 1.50 bits per heavy atom. The van der Waals surface area contributed by atoms with E-state index in [4.69, 9.17) is 9.47 Å². The molecule has 1 aliphatic heterocycles. The summed E-state index contributed by atoms with van der Waals surface area (Å²) in [6.07, 6.45) is 1.12. The number of halogens is 1. The van der Waals surface area contributed by atoms with Gasteiger partial charge in [0, 0.05) is 23.4 Å². The van der Waals surface area contributed by atoms with Crippen LogP contribution in [0.1, 0.15) is 17.5 Å². The first kappa shape index (κ1) is 11.9. The van der Waals surface area contributed by atoms with E-state index in [1.54, 1.807) is 0 Å². The summed E-state index contributed by atoms with van der Waals surface area (Å²) in [5.41, 5.74) is 2.49. The molecule has 1 aliphatic rings. The number of alkyl halides is 1. The van der Waals surface area contributed by atoms with Gasteiger partial charge >= 0.3 is 0 Å². The summed E-state index contributed by atoms with van der Waals surface area (Å²) in [5, 5.41) is 0.838. The Bertz CT molecular complexity index is 346. The van der Waals surface area contributed by atoms with Crippen molar-refractivity contribution in [1.82, 2.24) is 0 Å². The molecule has 2 nitrogen and oxygen atoms in total. The highest BCUT2D eigenvalue weighted by Gasteiger charge is 2.16. The van der Waals surface area contributed by atoms with Crippen molar-refractivity contribution >= 4 is 15.9 Å². The molecule has 0 saturated carbocycles. The highest BCUT2D eigenvalue weighted by atomic mass is 79.9. The molecule has 0 radical (unpaired) electrons. The Morgan fingerprint density at radius 2 is 2.38 bits per heavy atom. The highest BCUT2D eigenvalue weighted by molar-refractivity contribution is 9.08. The molecule has 0 N–H and O–H groups in total. The van der Waals surface area contributed by atoms with Crippen molar-refractivity contribution < 1.29 is 9.47 Å². The molecule has 1 atom stereocenters. The Hall–Kier alpha value is -0.540.